The lowest BCUT2D eigenvalue weighted by Gasteiger charge is -2.02. The second-order valence-electron chi connectivity index (χ2n) is 3.05. The van der Waals surface area contributed by atoms with Gasteiger partial charge in [-0.3, -0.25) is 0 Å². The smallest absolute Gasteiger partial charge is 0.237 e. The topological polar surface area (TPSA) is 54.0 Å². The fourth-order valence-corrected chi connectivity index (χ4v) is 1.40. The molecule has 16 heavy (non-hydrogen) atoms. The molecule has 2 heterocycles. The highest BCUT2D eigenvalue weighted by atomic mass is 19.4. The average Bonchev–Trinajstić information content (AvgIpc) is 2.58. The second kappa shape index (κ2) is 3.48. The number of rotatable bonds is 1. The summed E-state index contributed by atoms with van der Waals surface area (Å²) >= 11 is 0. The van der Waals surface area contributed by atoms with Gasteiger partial charge in [-0.25, -0.2) is 9.50 Å². The highest BCUT2D eigenvalue weighted by Gasteiger charge is 2.38. The minimum Gasteiger partial charge on any atom is -0.237 e. The van der Waals surface area contributed by atoms with Gasteiger partial charge in [-0.1, -0.05) is 0 Å². The van der Waals surface area contributed by atoms with Crippen LogP contribution >= 0.6 is 0 Å². The minimum absolute atomic E-state index is 0.0661. The normalized spacial score (nSPS) is 11.6. The van der Waals surface area contributed by atoms with Gasteiger partial charge in [0.15, 0.2) is 11.3 Å². The molecule has 0 radical (unpaired) electrons. The Morgan fingerprint density at radius 1 is 1.44 bits per heavy atom. The van der Waals surface area contributed by atoms with Crippen molar-refractivity contribution in [3.05, 3.63) is 29.7 Å². The Balaban J connectivity index is 2.74. The summed E-state index contributed by atoms with van der Waals surface area (Å²) in [5.74, 6) is 0. The zero-order valence-corrected chi connectivity index (χ0v) is 7.86. The molecular weight excluding hydrogens is 221 g/mol. The molecule has 2 rings (SSSR count). The number of nitriles is 1. The van der Waals surface area contributed by atoms with Gasteiger partial charge in [0, 0.05) is 18.0 Å². The molecule has 0 atom stereocenters. The molecule has 0 spiro atoms. The third-order valence-electron chi connectivity index (χ3n) is 2.02. The van der Waals surface area contributed by atoms with Crippen LogP contribution in [-0.2, 0) is 12.6 Å². The van der Waals surface area contributed by atoms with E-state index in [1.807, 2.05) is 0 Å². The molecule has 0 amide bonds. The van der Waals surface area contributed by atoms with Crippen LogP contribution in [0.4, 0.5) is 13.2 Å². The zero-order valence-electron chi connectivity index (χ0n) is 7.86. The van der Waals surface area contributed by atoms with Crippen LogP contribution in [0.15, 0.2) is 18.5 Å². The first-order valence-electron chi connectivity index (χ1n) is 4.30. The number of hydrogen-bond acceptors (Lipinski definition) is 3. The molecule has 0 aromatic carbocycles. The van der Waals surface area contributed by atoms with E-state index in [9.17, 15) is 13.2 Å². The summed E-state index contributed by atoms with van der Waals surface area (Å²) in [5, 5.41) is 11.9. The molecule has 0 bridgehead atoms. The molecular formula is C9H5F3N4. The molecule has 0 fully saturated rings. The van der Waals surface area contributed by atoms with Gasteiger partial charge in [-0.15, -0.1) is 0 Å². The molecule has 0 aliphatic heterocycles. The van der Waals surface area contributed by atoms with Crippen molar-refractivity contribution in [3.8, 4) is 6.07 Å². The van der Waals surface area contributed by atoms with E-state index < -0.39 is 11.9 Å². The van der Waals surface area contributed by atoms with E-state index in [0.717, 1.165) is 4.52 Å². The van der Waals surface area contributed by atoms with Gasteiger partial charge in [0.05, 0.1) is 12.5 Å². The van der Waals surface area contributed by atoms with Crippen molar-refractivity contribution < 1.29 is 13.2 Å². The van der Waals surface area contributed by atoms with Crippen molar-refractivity contribution >= 4 is 5.65 Å². The Labute approximate surface area is 87.9 Å². The Hall–Kier alpha value is -2.10. The highest BCUT2D eigenvalue weighted by Crippen LogP contribution is 2.32. The first kappa shape index (κ1) is 10.4. The number of hydrogen-bond donors (Lipinski definition) is 0. The maximum absolute atomic E-state index is 12.6. The summed E-state index contributed by atoms with van der Waals surface area (Å²) in [6, 6.07) is 3.15. The first-order valence-corrected chi connectivity index (χ1v) is 4.30. The van der Waals surface area contributed by atoms with Crippen molar-refractivity contribution in [1.29, 1.82) is 5.26 Å². The third-order valence-corrected chi connectivity index (χ3v) is 2.02. The Kier molecular flexibility index (Phi) is 2.27. The van der Waals surface area contributed by atoms with Crippen molar-refractivity contribution in [3.63, 3.8) is 0 Å². The van der Waals surface area contributed by atoms with Gasteiger partial charge in [0.1, 0.15) is 0 Å². The molecule has 0 saturated heterocycles. The van der Waals surface area contributed by atoms with E-state index in [2.05, 4.69) is 10.1 Å². The number of nitrogens with zero attached hydrogens (tertiary/aromatic N) is 4. The molecule has 0 N–H and O–H groups in total. The lowest BCUT2D eigenvalue weighted by atomic mass is 10.2. The van der Waals surface area contributed by atoms with E-state index in [1.165, 1.54) is 18.5 Å². The molecule has 82 valence electrons. The van der Waals surface area contributed by atoms with Gasteiger partial charge in [0.2, 0.25) is 0 Å². The van der Waals surface area contributed by atoms with E-state index in [1.54, 1.807) is 6.07 Å². The fourth-order valence-electron chi connectivity index (χ4n) is 1.40. The molecule has 0 unspecified atom stereocenters. The van der Waals surface area contributed by atoms with Crippen LogP contribution in [0, 0.1) is 11.3 Å². The molecule has 2 aromatic rings. The van der Waals surface area contributed by atoms with Crippen molar-refractivity contribution in [1.82, 2.24) is 14.6 Å². The minimum atomic E-state index is -4.57. The molecule has 0 saturated carbocycles. The monoisotopic (exact) mass is 226 g/mol. The summed E-state index contributed by atoms with van der Waals surface area (Å²) in [7, 11) is 0. The van der Waals surface area contributed by atoms with Crippen LogP contribution in [-0.4, -0.2) is 14.6 Å². The summed E-state index contributed by atoms with van der Waals surface area (Å²) in [6.45, 7) is 0. The zero-order chi connectivity index (χ0) is 11.8. The molecule has 2 aromatic heterocycles. The van der Waals surface area contributed by atoms with Crippen LogP contribution in [0.1, 0.15) is 11.3 Å². The largest absolute Gasteiger partial charge is 0.435 e. The lowest BCUT2D eigenvalue weighted by molar-refractivity contribution is -0.141. The van der Waals surface area contributed by atoms with Gasteiger partial charge < -0.3 is 0 Å². The summed E-state index contributed by atoms with van der Waals surface area (Å²) in [5.41, 5.74) is -1.17. The average molecular weight is 226 g/mol. The van der Waals surface area contributed by atoms with Crippen LogP contribution in [0.3, 0.4) is 0 Å². The van der Waals surface area contributed by atoms with Gasteiger partial charge in [-0.05, 0) is 6.07 Å². The van der Waals surface area contributed by atoms with Crippen molar-refractivity contribution in [2.75, 3.05) is 0 Å². The van der Waals surface area contributed by atoms with Crippen LogP contribution in [0.25, 0.3) is 5.65 Å². The summed E-state index contributed by atoms with van der Waals surface area (Å²) in [6.07, 6.45) is -2.22. The van der Waals surface area contributed by atoms with Crippen LogP contribution in [0.5, 0.6) is 0 Å². The fraction of sp³-hybridized carbons (Fsp3) is 0.222. The van der Waals surface area contributed by atoms with Crippen molar-refractivity contribution in [2.45, 2.75) is 12.6 Å². The SMILES string of the molecule is N#CCc1c(C(F)(F)F)nn2cccnc12. The second-order valence-corrected chi connectivity index (χ2v) is 3.05. The number of fused-ring (bicyclic) bond motifs is 1. The van der Waals surface area contributed by atoms with Gasteiger partial charge in [0.25, 0.3) is 0 Å². The summed E-state index contributed by atoms with van der Waals surface area (Å²) in [4.78, 5) is 3.78. The molecule has 4 nitrogen and oxygen atoms in total. The lowest BCUT2D eigenvalue weighted by Crippen LogP contribution is -2.08. The number of halogens is 3. The maximum atomic E-state index is 12.6. The standard InChI is InChI=1S/C9H5F3N4/c10-9(11,12)7-6(2-3-13)8-14-4-1-5-16(8)15-7/h1,4-5H,2H2. The third kappa shape index (κ3) is 1.58. The van der Waals surface area contributed by atoms with E-state index in [-0.39, 0.29) is 17.6 Å². The maximum Gasteiger partial charge on any atom is 0.435 e. The summed E-state index contributed by atoms with van der Waals surface area (Å²) < 4.78 is 38.8. The number of alkyl halides is 3. The quantitative estimate of drug-likeness (QED) is 0.745. The van der Waals surface area contributed by atoms with Gasteiger partial charge >= 0.3 is 6.18 Å². The Bertz CT molecular complexity index is 564. The predicted molar refractivity (Wildman–Crippen MR) is 47.3 cm³/mol. The van der Waals surface area contributed by atoms with E-state index >= 15 is 0 Å². The Morgan fingerprint density at radius 3 is 2.81 bits per heavy atom. The van der Waals surface area contributed by atoms with Crippen LogP contribution < -0.4 is 0 Å². The van der Waals surface area contributed by atoms with E-state index in [4.69, 9.17) is 5.26 Å². The molecule has 7 heteroatoms. The molecule has 0 aliphatic carbocycles. The van der Waals surface area contributed by atoms with Crippen LogP contribution in [0.2, 0.25) is 0 Å². The van der Waals surface area contributed by atoms with E-state index in [0.29, 0.717) is 0 Å². The highest BCUT2D eigenvalue weighted by molar-refractivity contribution is 5.51. The first-order chi connectivity index (χ1) is 7.54. The van der Waals surface area contributed by atoms with Crippen molar-refractivity contribution in [2.24, 2.45) is 0 Å². The Morgan fingerprint density at radius 2 is 2.19 bits per heavy atom. The number of aromatic nitrogens is 3. The predicted octanol–water partition coefficient (Wildman–Crippen LogP) is 1.81. The molecule has 0 aliphatic rings. The van der Waals surface area contributed by atoms with Gasteiger partial charge in [-0.2, -0.15) is 23.5 Å².